The minimum Gasteiger partial charge on any atom is -0.507 e. The van der Waals surface area contributed by atoms with Gasteiger partial charge < -0.3 is 14.6 Å². The summed E-state index contributed by atoms with van der Waals surface area (Å²) in [5.41, 5.74) is 13.3. The number of benzene rings is 7. The summed E-state index contributed by atoms with van der Waals surface area (Å²) in [6.07, 6.45) is 2.06. The maximum absolute atomic E-state index is 12.3. The molecule has 58 heavy (non-hydrogen) atoms. The first-order chi connectivity index (χ1) is 28.2. The number of anilines is 3. The van der Waals surface area contributed by atoms with E-state index in [0.717, 1.165) is 72.7 Å². The zero-order valence-electron chi connectivity index (χ0n) is 33.1. The molecule has 6 heteroatoms. The molecule has 0 fully saturated rings. The van der Waals surface area contributed by atoms with Crippen LogP contribution in [0.3, 0.4) is 0 Å². The Morgan fingerprint density at radius 1 is 0.500 bits per heavy atom. The first kappa shape index (κ1) is 36.6. The Morgan fingerprint density at radius 3 is 1.67 bits per heavy atom. The first-order valence-electron chi connectivity index (χ1n) is 19.7. The monoisotopic (exact) mass is 768 g/mol. The molecule has 0 spiro atoms. The zero-order valence-corrected chi connectivity index (χ0v) is 34.1. The van der Waals surface area contributed by atoms with Crippen molar-refractivity contribution in [2.75, 3.05) is 4.90 Å². The van der Waals surface area contributed by atoms with E-state index in [1.165, 1.54) is 5.19 Å². The van der Waals surface area contributed by atoms with E-state index >= 15 is 0 Å². The lowest BCUT2D eigenvalue weighted by Gasteiger charge is -2.27. The third-order valence-corrected chi connectivity index (χ3v) is 12.9. The second-order valence-electron chi connectivity index (χ2n) is 15.8. The highest BCUT2D eigenvalue weighted by Gasteiger charge is 2.24. The van der Waals surface area contributed by atoms with Crippen LogP contribution in [0.2, 0.25) is 19.6 Å². The second kappa shape index (κ2) is 15.1. The van der Waals surface area contributed by atoms with E-state index in [0.29, 0.717) is 11.4 Å². The van der Waals surface area contributed by atoms with Crippen molar-refractivity contribution in [1.29, 1.82) is 0 Å². The summed E-state index contributed by atoms with van der Waals surface area (Å²) >= 11 is 0. The highest BCUT2D eigenvalue weighted by atomic mass is 28.3. The van der Waals surface area contributed by atoms with Gasteiger partial charge in [-0.1, -0.05) is 135 Å². The van der Waals surface area contributed by atoms with Gasteiger partial charge in [0, 0.05) is 47.0 Å². The van der Waals surface area contributed by atoms with Crippen molar-refractivity contribution in [3.63, 3.8) is 0 Å². The maximum atomic E-state index is 12.3. The maximum Gasteiger partial charge on any atom is 0.144 e. The molecule has 2 heterocycles. The zero-order chi connectivity index (χ0) is 39.8. The van der Waals surface area contributed by atoms with Gasteiger partial charge in [-0.2, -0.15) is 0 Å². The smallest absolute Gasteiger partial charge is 0.144 e. The second-order valence-corrected chi connectivity index (χ2v) is 20.9. The van der Waals surface area contributed by atoms with Crippen LogP contribution in [0.1, 0.15) is 0 Å². The molecule has 0 bridgehead atoms. The fourth-order valence-corrected chi connectivity index (χ4v) is 8.82. The standard InChI is InChI=1S/C52H44N4OSi/c1-55-49-27-17-26-45(39-30-38(36-18-9-5-10-19-36)31-40(32-39)48-29-28-44(35-53-48)58(2,3)4)50(49)54-52(55)47-34-43(33-46(51(47)57)37-20-11-6-12-21-37)56(41-22-13-7-14-23-41)42-24-15-8-16-25-42/h5-35,57H,1-4H3. The highest BCUT2D eigenvalue weighted by molar-refractivity contribution is 6.88. The van der Waals surface area contributed by atoms with Crippen LogP contribution in [0, 0.1) is 0 Å². The largest absolute Gasteiger partial charge is 0.507 e. The average molecular weight is 769 g/mol. The van der Waals surface area contributed by atoms with Gasteiger partial charge in [-0.25, -0.2) is 4.98 Å². The molecule has 0 radical (unpaired) electrons. The Kier molecular flexibility index (Phi) is 9.56. The van der Waals surface area contributed by atoms with Crippen molar-refractivity contribution in [3.8, 4) is 61.8 Å². The van der Waals surface area contributed by atoms with Crippen LogP contribution in [0.25, 0.3) is 67.1 Å². The molecule has 2 aromatic heterocycles. The van der Waals surface area contributed by atoms with Crippen LogP contribution in [-0.2, 0) is 7.05 Å². The van der Waals surface area contributed by atoms with Gasteiger partial charge in [-0.05, 0) is 94.2 Å². The lowest BCUT2D eigenvalue weighted by molar-refractivity contribution is 0.478. The Bertz CT molecular complexity index is 2830. The van der Waals surface area contributed by atoms with Crippen LogP contribution < -0.4 is 10.1 Å². The number of fused-ring (bicyclic) bond motifs is 1. The van der Waals surface area contributed by atoms with Crippen LogP contribution in [0.5, 0.6) is 5.75 Å². The average Bonchev–Trinajstić information content (AvgIpc) is 3.61. The number of aromatic hydroxyl groups is 1. The number of phenolic OH excluding ortho intramolecular Hbond substituents is 1. The van der Waals surface area contributed by atoms with Gasteiger partial charge in [-0.3, -0.25) is 4.98 Å². The number of hydrogen-bond acceptors (Lipinski definition) is 4. The summed E-state index contributed by atoms with van der Waals surface area (Å²) < 4.78 is 2.10. The molecule has 9 aromatic rings. The van der Waals surface area contributed by atoms with Gasteiger partial charge in [0.25, 0.3) is 0 Å². The van der Waals surface area contributed by atoms with E-state index < -0.39 is 8.07 Å². The summed E-state index contributed by atoms with van der Waals surface area (Å²) in [7, 11) is 0.521. The van der Waals surface area contributed by atoms with Crippen LogP contribution in [0.4, 0.5) is 17.1 Å². The van der Waals surface area contributed by atoms with Crippen LogP contribution in [-0.4, -0.2) is 27.7 Å². The van der Waals surface area contributed by atoms with Crippen molar-refractivity contribution in [2.45, 2.75) is 19.6 Å². The third kappa shape index (κ3) is 6.99. The molecule has 5 nitrogen and oxygen atoms in total. The van der Waals surface area contributed by atoms with Gasteiger partial charge in [0.2, 0.25) is 0 Å². The molecule has 282 valence electrons. The molecule has 0 saturated heterocycles. The Balaban J connectivity index is 1.25. The van der Waals surface area contributed by atoms with E-state index in [1.54, 1.807) is 0 Å². The number of imidazole rings is 1. The van der Waals surface area contributed by atoms with Gasteiger partial charge in [0.05, 0.1) is 30.4 Å². The predicted molar refractivity (Wildman–Crippen MR) is 245 cm³/mol. The van der Waals surface area contributed by atoms with Crippen molar-refractivity contribution in [2.24, 2.45) is 7.05 Å². The first-order valence-corrected chi connectivity index (χ1v) is 23.2. The molecule has 9 rings (SSSR count). The summed E-state index contributed by atoms with van der Waals surface area (Å²) in [4.78, 5) is 12.6. The lowest BCUT2D eigenvalue weighted by atomic mass is 9.94. The molecule has 0 aliphatic rings. The normalized spacial score (nSPS) is 11.5. The Labute approximate surface area is 341 Å². The summed E-state index contributed by atoms with van der Waals surface area (Å²) in [6.45, 7) is 7.04. The minimum atomic E-state index is -1.51. The number of aromatic nitrogens is 3. The summed E-state index contributed by atoms with van der Waals surface area (Å²) in [5.74, 6) is 0.847. The predicted octanol–water partition coefficient (Wildman–Crippen LogP) is 13.0. The number of nitrogens with zero attached hydrogens (tertiary/aromatic N) is 4. The summed E-state index contributed by atoms with van der Waals surface area (Å²) in [5, 5.41) is 13.6. The van der Waals surface area contributed by atoms with E-state index in [-0.39, 0.29) is 5.75 Å². The molecular weight excluding hydrogens is 725 g/mol. The Morgan fingerprint density at radius 2 is 1.07 bits per heavy atom. The fraction of sp³-hybridized carbons (Fsp3) is 0.0769. The van der Waals surface area contributed by atoms with E-state index in [9.17, 15) is 5.11 Å². The number of aryl methyl sites for hydroxylation is 1. The third-order valence-electron chi connectivity index (χ3n) is 10.9. The Hall–Kier alpha value is -7.02. The van der Waals surface area contributed by atoms with Gasteiger partial charge in [-0.15, -0.1) is 0 Å². The molecule has 7 aromatic carbocycles. The van der Waals surface area contributed by atoms with Crippen molar-refractivity contribution >= 4 is 41.4 Å². The number of pyridine rings is 1. The molecule has 1 N–H and O–H groups in total. The molecule has 0 saturated carbocycles. The minimum absolute atomic E-state index is 0.178. The molecular formula is C52H44N4OSi. The van der Waals surface area contributed by atoms with Crippen LogP contribution in [0.15, 0.2) is 188 Å². The van der Waals surface area contributed by atoms with E-state index in [4.69, 9.17) is 9.97 Å². The van der Waals surface area contributed by atoms with E-state index in [1.807, 2.05) is 55.6 Å². The van der Waals surface area contributed by atoms with E-state index in [2.05, 4.69) is 169 Å². The lowest BCUT2D eigenvalue weighted by Crippen LogP contribution is -2.37. The highest BCUT2D eigenvalue weighted by Crippen LogP contribution is 2.46. The molecule has 0 atom stereocenters. The summed E-state index contributed by atoms with van der Waals surface area (Å²) in [6, 6.07) is 62.9. The van der Waals surface area contributed by atoms with Crippen molar-refractivity contribution < 1.29 is 5.11 Å². The number of rotatable bonds is 9. The number of hydrogen-bond donors (Lipinski definition) is 1. The molecule has 0 amide bonds. The molecule has 0 unspecified atom stereocenters. The van der Waals surface area contributed by atoms with Crippen molar-refractivity contribution in [1.82, 2.24) is 14.5 Å². The molecule has 0 aliphatic heterocycles. The quantitative estimate of drug-likeness (QED) is 0.149. The van der Waals surface area contributed by atoms with Gasteiger partial charge in [0.15, 0.2) is 0 Å². The van der Waals surface area contributed by atoms with Gasteiger partial charge >= 0.3 is 0 Å². The number of para-hydroxylation sites is 3. The fourth-order valence-electron chi connectivity index (χ4n) is 7.78. The topological polar surface area (TPSA) is 54.2 Å². The van der Waals surface area contributed by atoms with Crippen molar-refractivity contribution in [3.05, 3.63) is 188 Å². The van der Waals surface area contributed by atoms with Crippen LogP contribution >= 0.6 is 0 Å². The van der Waals surface area contributed by atoms with Gasteiger partial charge in [0.1, 0.15) is 11.6 Å². The molecule has 0 aliphatic carbocycles. The SMILES string of the molecule is Cn1c(-c2cc(N(c3ccccc3)c3ccccc3)cc(-c3ccccc3)c2O)nc2c(-c3cc(-c4ccccc4)cc(-c4ccc([Si](C)(C)C)cn4)c3)cccc21. The number of phenols is 1.